The standard InChI is InChI=1S/C20H19F3N4OS/c21-20(22,23)12-17(28)26-6-8-27(9-7-26)18-16-11-15(29-19(16)25-13-24-18)10-14-4-2-1-3-5-14/h1-5,11,13H,6-10,12H2. The minimum Gasteiger partial charge on any atom is -0.352 e. The van der Waals surface area contributed by atoms with E-state index in [1.165, 1.54) is 21.7 Å². The fourth-order valence-corrected chi connectivity index (χ4v) is 4.50. The van der Waals surface area contributed by atoms with Gasteiger partial charge in [-0.1, -0.05) is 30.3 Å². The lowest BCUT2D eigenvalue weighted by molar-refractivity contribution is -0.161. The maximum absolute atomic E-state index is 12.5. The summed E-state index contributed by atoms with van der Waals surface area (Å²) in [5, 5.41) is 0.943. The Morgan fingerprint density at radius 3 is 2.48 bits per heavy atom. The van der Waals surface area contributed by atoms with Crippen molar-refractivity contribution in [3.63, 3.8) is 0 Å². The number of amides is 1. The molecule has 3 aromatic rings. The van der Waals surface area contributed by atoms with Gasteiger partial charge in [-0.15, -0.1) is 11.3 Å². The Hall–Kier alpha value is -2.68. The van der Waals surface area contributed by atoms with Gasteiger partial charge in [-0.3, -0.25) is 4.79 Å². The highest BCUT2D eigenvalue weighted by Crippen LogP contribution is 2.32. The van der Waals surface area contributed by atoms with E-state index in [0.29, 0.717) is 13.1 Å². The topological polar surface area (TPSA) is 49.3 Å². The van der Waals surface area contributed by atoms with Crippen LogP contribution in [0.2, 0.25) is 0 Å². The summed E-state index contributed by atoms with van der Waals surface area (Å²) in [5.74, 6) is -0.0980. The summed E-state index contributed by atoms with van der Waals surface area (Å²) in [4.78, 5) is 25.9. The maximum atomic E-state index is 12.5. The number of carbonyl (C=O) groups excluding carboxylic acids is 1. The van der Waals surface area contributed by atoms with Gasteiger partial charge in [0.25, 0.3) is 0 Å². The summed E-state index contributed by atoms with van der Waals surface area (Å²) in [7, 11) is 0. The Morgan fingerprint density at radius 2 is 1.79 bits per heavy atom. The van der Waals surface area contributed by atoms with Crippen LogP contribution < -0.4 is 4.90 Å². The van der Waals surface area contributed by atoms with Gasteiger partial charge in [-0.05, 0) is 11.6 Å². The van der Waals surface area contributed by atoms with Crippen LogP contribution in [0.15, 0.2) is 42.7 Å². The average Bonchev–Trinajstić information content (AvgIpc) is 3.10. The number of alkyl halides is 3. The number of fused-ring (bicyclic) bond motifs is 1. The molecule has 0 bridgehead atoms. The fourth-order valence-electron chi connectivity index (χ4n) is 3.48. The number of halogens is 3. The molecule has 1 amide bonds. The van der Waals surface area contributed by atoms with E-state index in [1.807, 2.05) is 23.1 Å². The van der Waals surface area contributed by atoms with Gasteiger partial charge in [0.2, 0.25) is 5.91 Å². The molecule has 29 heavy (non-hydrogen) atoms. The summed E-state index contributed by atoms with van der Waals surface area (Å²) in [6, 6.07) is 12.2. The van der Waals surface area contributed by atoms with Crippen LogP contribution in [0.1, 0.15) is 16.9 Å². The maximum Gasteiger partial charge on any atom is 0.397 e. The first-order valence-electron chi connectivity index (χ1n) is 9.26. The second kappa shape index (κ2) is 7.98. The van der Waals surface area contributed by atoms with E-state index in [4.69, 9.17) is 0 Å². The highest BCUT2D eigenvalue weighted by Gasteiger charge is 2.34. The Labute approximate surface area is 169 Å². The fraction of sp³-hybridized carbons (Fsp3) is 0.350. The van der Waals surface area contributed by atoms with Crippen molar-refractivity contribution in [1.82, 2.24) is 14.9 Å². The smallest absolute Gasteiger partial charge is 0.352 e. The largest absolute Gasteiger partial charge is 0.397 e. The van der Waals surface area contributed by atoms with Crippen LogP contribution in [-0.4, -0.2) is 53.1 Å². The summed E-state index contributed by atoms with van der Waals surface area (Å²) in [6.07, 6.45) is -3.56. The lowest BCUT2D eigenvalue weighted by atomic mass is 10.1. The van der Waals surface area contributed by atoms with Crippen LogP contribution in [0.5, 0.6) is 0 Å². The van der Waals surface area contributed by atoms with E-state index >= 15 is 0 Å². The van der Waals surface area contributed by atoms with E-state index in [0.717, 1.165) is 22.5 Å². The normalized spacial score (nSPS) is 15.1. The van der Waals surface area contributed by atoms with Gasteiger partial charge in [-0.2, -0.15) is 13.2 Å². The molecule has 0 spiro atoms. The summed E-state index contributed by atoms with van der Waals surface area (Å²) < 4.78 is 37.4. The van der Waals surface area contributed by atoms with Gasteiger partial charge < -0.3 is 9.80 Å². The van der Waals surface area contributed by atoms with Crippen molar-refractivity contribution >= 4 is 33.3 Å². The van der Waals surface area contributed by atoms with Gasteiger partial charge in [0.05, 0.1) is 5.39 Å². The third-order valence-electron chi connectivity index (χ3n) is 4.86. The molecule has 152 valence electrons. The predicted octanol–water partition coefficient (Wildman–Crippen LogP) is 3.88. The molecule has 0 atom stereocenters. The van der Waals surface area contributed by atoms with E-state index < -0.39 is 18.5 Å². The molecule has 3 heterocycles. The number of benzene rings is 1. The molecule has 9 heteroatoms. The number of hydrogen-bond donors (Lipinski definition) is 0. The van der Waals surface area contributed by atoms with Crippen molar-refractivity contribution in [2.45, 2.75) is 19.0 Å². The predicted molar refractivity (Wildman–Crippen MR) is 106 cm³/mol. The number of thiophene rings is 1. The SMILES string of the molecule is O=C(CC(F)(F)F)N1CCN(c2ncnc3sc(Cc4ccccc4)cc23)CC1. The van der Waals surface area contributed by atoms with Crippen LogP contribution in [0, 0.1) is 0 Å². The number of carbonyl (C=O) groups is 1. The highest BCUT2D eigenvalue weighted by molar-refractivity contribution is 7.18. The molecule has 2 aromatic heterocycles. The zero-order valence-corrected chi connectivity index (χ0v) is 16.3. The molecule has 1 aromatic carbocycles. The first-order valence-corrected chi connectivity index (χ1v) is 10.1. The molecule has 0 radical (unpaired) electrons. The lowest BCUT2D eigenvalue weighted by Crippen LogP contribution is -2.49. The van der Waals surface area contributed by atoms with Crippen LogP contribution in [-0.2, 0) is 11.2 Å². The van der Waals surface area contributed by atoms with Crippen molar-refractivity contribution in [2.24, 2.45) is 0 Å². The average molecular weight is 420 g/mol. The number of piperazine rings is 1. The monoisotopic (exact) mass is 420 g/mol. The van der Waals surface area contributed by atoms with Gasteiger partial charge in [0.15, 0.2) is 0 Å². The number of nitrogens with zero attached hydrogens (tertiary/aromatic N) is 4. The molecule has 1 aliphatic rings. The molecule has 0 aliphatic carbocycles. The molecular formula is C20H19F3N4OS. The van der Waals surface area contributed by atoms with Crippen LogP contribution in [0.3, 0.4) is 0 Å². The van der Waals surface area contributed by atoms with Crippen molar-refractivity contribution < 1.29 is 18.0 Å². The van der Waals surface area contributed by atoms with E-state index in [2.05, 4.69) is 28.2 Å². The lowest BCUT2D eigenvalue weighted by Gasteiger charge is -2.35. The quantitative estimate of drug-likeness (QED) is 0.643. The van der Waals surface area contributed by atoms with Crippen molar-refractivity contribution in [1.29, 1.82) is 0 Å². The van der Waals surface area contributed by atoms with Crippen LogP contribution >= 0.6 is 11.3 Å². The Kier molecular flexibility index (Phi) is 5.40. The van der Waals surface area contributed by atoms with Crippen molar-refractivity contribution in [3.8, 4) is 0 Å². The second-order valence-electron chi connectivity index (χ2n) is 6.95. The van der Waals surface area contributed by atoms with Gasteiger partial charge in [-0.25, -0.2) is 9.97 Å². The summed E-state index contributed by atoms with van der Waals surface area (Å²) in [5.41, 5.74) is 1.21. The first kappa shape index (κ1) is 19.6. The zero-order chi connectivity index (χ0) is 20.4. The third kappa shape index (κ3) is 4.67. The second-order valence-corrected chi connectivity index (χ2v) is 8.07. The van der Waals surface area contributed by atoms with E-state index in [1.54, 1.807) is 11.3 Å². The van der Waals surface area contributed by atoms with E-state index in [-0.39, 0.29) is 13.1 Å². The number of hydrogen-bond acceptors (Lipinski definition) is 5. The number of rotatable bonds is 4. The molecular weight excluding hydrogens is 401 g/mol. The zero-order valence-electron chi connectivity index (χ0n) is 15.5. The molecule has 1 saturated heterocycles. The van der Waals surface area contributed by atoms with Gasteiger partial charge >= 0.3 is 6.18 Å². The molecule has 1 fully saturated rings. The molecule has 0 saturated carbocycles. The summed E-state index contributed by atoms with van der Waals surface area (Å²) in [6.45, 7) is 1.39. The minimum absolute atomic E-state index is 0.251. The minimum atomic E-state index is -4.47. The van der Waals surface area contributed by atoms with Crippen LogP contribution in [0.25, 0.3) is 10.2 Å². The third-order valence-corrected chi connectivity index (χ3v) is 5.91. The Morgan fingerprint density at radius 1 is 1.07 bits per heavy atom. The molecule has 1 aliphatic heterocycles. The Bertz CT molecular complexity index is 998. The molecule has 0 N–H and O–H groups in total. The van der Waals surface area contributed by atoms with Crippen molar-refractivity contribution in [2.75, 3.05) is 31.1 Å². The van der Waals surface area contributed by atoms with Crippen molar-refractivity contribution in [3.05, 3.63) is 53.2 Å². The summed E-state index contributed by atoms with van der Waals surface area (Å²) >= 11 is 1.61. The Balaban J connectivity index is 1.48. The molecule has 4 rings (SSSR count). The number of aromatic nitrogens is 2. The first-order chi connectivity index (χ1) is 13.9. The van der Waals surface area contributed by atoms with E-state index in [9.17, 15) is 18.0 Å². The van der Waals surface area contributed by atoms with Crippen LogP contribution in [0.4, 0.5) is 19.0 Å². The molecule has 5 nitrogen and oxygen atoms in total. The van der Waals surface area contributed by atoms with Gasteiger partial charge in [0, 0.05) is 37.5 Å². The molecule has 0 unspecified atom stereocenters. The highest BCUT2D eigenvalue weighted by atomic mass is 32.1. The van der Waals surface area contributed by atoms with Gasteiger partial charge in [0.1, 0.15) is 23.4 Å². The number of anilines is 1.